The second-order valence-electron chi connectivity index (χ2n) is 6.27. The Bertz CT molecular complexity index is 303. The molecule has 0 aromatic heterocycles. The molecule has 2 N–H and O–H groups in total. The van der Waals surface area contributed by atoms with Gasteiger partial charge in [-0.15, -0.1) is 0 Å². The maximum Gasteiger partial charge on any atom is 0.410 e. The minimum atomic E-state index is -0.448. The van der Waals surface area contributed by atoms with Gasteiger partial charge in [-0.05, 0) is 33.7 Å². The Morgan fingerprint density at radius 2 is 2.20 bits per heavy atom. The first-order chi connectivity index (χ1) is 9.31. The fraction of sp³-hybridized carbons (Fsp3) is 0.929. The van der Waals surface area contributed by atoms with Crippen molar-refractivity contribution in [3.05, 3.63) is 0 Å². The molecule has 0 unspecified atom stereocenters. The maximum absolute atomic E-state index is 11.8. The van der Waals surface area contributed by atoms with E-state index in [-0.39, 0.29) is 12.2 Å². The number of rotatable bonds is 5. The van der Waals surface area contributed by atoms with Gasteiger partial charge in [0.1, 0.15) is 5.60 Å². The highest BCUT2D eigenvalue weighted by Crippen LogP contribution is 2.10. The van der Waals surface area contributed by atoms with E-state index < -0.39 is 5.60 Å². The molecular formula is C14H29N3O3. The minimum Gasteiger partial charge on any atom is -0.444 e. The Kier molecular flexibility index (Phi) is 6.71. The summed E-state index contributed by atoms with van der Waals surface area (Å²) >= 11 is 0. The number of morpholine rings is 1. The molecule has 1 fully saturated rings. The van der Waals surface area contributed by atoms with E-state index in [9.17, 15) is 4.79 Å². The second kappa shape index (κ2) is 7.81. The van der Waals surface area contributed by atoms with Gasteiger partial charge in [0.2, 0.25) is 0 Å². The highest BCUT2D eigenvalue weighted by molar-refractivity contribution is 5.67. The molecule has 0 aromatic rings. The van der Waals surface area contributed by atoms with Crippen LogP contribution in [0.5, 0.6) is 0 Å². The van der Waals surface area contributed by atoms with Gasteiger partial charge < -0.3 is 20.1 Å². The topological polar surface area (TPSA) is 68.0 Å². The number of likely N-dealkylation sites (N-methyl/N-ethyl adjacent to an activating group) is 1. The fourth-order valence-corrected chi connectivity index (χ4v) is 2.07. The van der Waals surface area contributed by atoms with Crippen LogP contribution in [0.2, 0.25) is 0 Å². The molecule has 1 aliphatic rings. The van der Waals surface area contributed by atoms with Gasteiger partial charge in [0.05, 0.1) is 12.7 Å². The molecule has 0 spiro atoms. The van der Waals surface area contributed by atoms with E-state index in [0.717, 1.165) is 32.7 Å². The first-order valence-electron chi connectivity index (χ1n) is 7.30. The number of hydrogen-bond acceptors (Lipinski definition) is 5. The monoisotopic (exact) mass is 287 g/mol. The van der Waals surface area contributed by atoms with Gasteiger partial charge >= 0.3 is 6.09 Å². The molecule has 0 aromatic carbocycles. The lowest BCUT2D eigenvalue weighted by Gasteiger charge is -2.34. The molecule has 0 saturated carbocycles. The number of hydrogen-bond donors (Lipinski definition) is 1. The summed E-state index contributed by atoms with van der Waals surface area (Å²) in [7, 11) is 1.77. The molecular weight excluding hydrogens is 258 g/mol. The van der Waals surface area contributed by atoms with E-state index in [1.807, 2.05) is 20.8 Å². The minimum absolute atomic E-state index is 0.223. The Labute approximate surface area is 122 Å². The van der Waals surface area contributed by atoms with Crippen molar-refractivity contribution in [2.75, 3.05) is 46.4 Å². The van der Waals surface area contributed by atoms with E-state index in [0.29, 0.717) is 13.1 Å². The van der Waals surface area contributed by atoms with Gasteiger partial charge in [-0.2, -0.15) is 0 Å². The number of amides is 1. The molecule has 118 valence electrons. The Morgan fingerprint density at radius 1 is 1.50 bits per heavy atom. The molecule has 0 aliphatic carbocycles. The highest BCUT2D eigenvalue weighted by Gasteiger charge is 2.22. The largest absolute Gasteiger partial charge is 0.444 e. The zero-order valence-electron chi connectivity index (χ0n) is 13.2. The van der Waals surface area contributed by atoms with Crippen molar-refractivity contribution in [3.63, 3.8) is 0 Å². The van der Waals surface area contributed by atoms with Crippen LogP contribution >= 0.6 is 0 Å². The molecule has 20 heavy (non-hydrogen) atoms. The summed E-state index contributed by atoms with van der Waals surface area (Å²) < 4.78 is 11.0. The van der Waals surface area contributed by atoms with Crippen LogP contribution in [0.1, 0.15) is 27.2 Å². The van der Waals surface area contributed by atoms with E-state index in [2.05, 4.69) is 4.90 Å². The molecule has 0 bridgehead atoms. The number of nitrogens with zero attached hydrogens (tertiary/aromatic N) is 2. The van der Waals surface area contributed by atoms with Crippen molar-refractivity contribution in [1.29, 1.82) is 0 Å². The summed E-state index contributed by atoms with van der Waals surface area (Å²) in [5.74, 6) is 0. The van der Waals surface area contributed by atoms with Gasteiger partial charge in [0.25, 0.3) is 0 Å². The smallest absolute Gasteiger partial charge is 0.410 e. The van der Waals surface area contributed by atoms with Crippen LogP contribution in [0.3, 0.4) is 0 Å². The first kappa shape index (κ1) is 17.2. The van der Waals surface area contributed by atoms with Crippen molar-refractivity contribution in [2.45, 2.75) is 38.9 Å². The number of nitrogens with two attached hydrogens (primary N) is 1. The van der Waals surface area contributed by atoms with Crippen LogP contribution in [0.4, 0.5) is 4.79 Å². The molecule has 1 atom stereocenters. The van der Waals surface area contributed by atoms with Gasteiger partial charge in [-0.3, -0.25) is 4.90 Å². The average Bonchev–Trinajstić information content (AvgIpc) is 2.35. The lowest BCUT2D eigenvalue weighted by molar-refractivity contribution is -0.0330. The lowest BCUT2D eigenvalue weighted by Crippen LogP contribution is -2.46. The van der Waals surface area contributed by atoms with Gasteiger partial charge in [-0.25, -0.2) is 4.79 Å². The highest BCUT2D eigenvalue weighted by atomic mass is 16.6. The van der Waals surface area contributed by atoms with Crippen LogP contribution in [0.15, 0.2) is 0 Å². The molecule has 6 heteroatoms. The molecule has 1 aliphatic heterocycles. The predicted molar refractivity (Wildman–Crippen MR) is 78.7 cm³/mol. The summed E-state index contributed by atoms with van der Waals surface area (Å²) in [6.45, 7) is 10.3. The van der Waals surface area contributed by atoms with E-state index in [4.69, 9.17) is 15.2 Å². The van der Waals surface area contributed by atoms with Crippen molar-refractivity contribution in [2.24, 2.45) is 5.73 Å². The predicted octanol–water partition coefficient (Wildman–Crippen LogP) is 0.903. The van der Waals surface area contributed by atoms with E-state index in [1.54, 1.807) is 11.9 Å². The zero-order valence-corrected chi connectivity index (χ0v) is 13.2. The molecule has 1 amide bonds. The van der Waals surface area contributed by atoms with E-state index >= 15 is 0 Å². The third kappa shape index (κ3) is 6.54. The Balaban J connectivity index is 2.29. The van der Waals surface area contributed by atoms with Crippen LogP contribution < -0.4 is 5.73 Å². The second-order valence-corrected chi connectivity index (χ2v) is 6.27. The molecule has 1 rings (SSSR count). The fourth-order valence-electron chi connectivity index (χ4n) is 2.07. The number of carbonyl (C=O) groups is 1. The van der Waals surface area contributed by atoms with Gasteiger partial charge in [-0.1, -0.05) is 0 Å². The molecule has 1 saturated heterocycles. The first-order valence-corrected chi connectivity index (χ1v) is 7.30. The van der Waals surface area contributed by atoms with Crippen molar-refractivity contribution >= 4 is 6.09 Å². The standard InChI is InChI=1S/C14H29N3O3/c1-14(2,3)20-13(18)16(4)7-8-17-9-10-19-12(11-17)5-6-15/h12H,5-11,15H2,1-4H3/t12-/m1/s1. The molecule has 0 radical (unpaired) electrons. The number of ether oxygens (including phenoxy) is 2. The van der Waals surface area contributed by atoms with Crippen LogP contribution in [0, 0.1) is 0 Å². The summed E-state index contributed by atoms with van der Waals surface area (Å²) in [4.78, 5) is 15.8. The molecule has 1 heterocycles. The SMILES string of the molecule is CN(CCN1CCO[C@H](CCN)C1)C(=O)OC(C)(C)C. The summed E-state index contributed by atoms with van der Waals surface area (Å²) in [6, 6.07) is 0. The van der Waals surface area contributed by atoms with Crippen molar-refractivity contribution in [3.8, 4) is 0 Å². The summed E-state index contributed by atoms with van der Waals surface area (Å²) in [6.07, 6.45) is 0.836. The third-order valence-electron chi connectivity index (χ3n) is 3.17. The Hall–Kier alpha value is -0.850. The van der Waals surface area contributed by atoms with Crippen LogP contribution in [0.25, 0.3) is 0 Å². The lowest BCUT2D eigenvalue weighted by atomic mass is 10.2. The van der Waals surface area contributed by atoms with Gasteiger partial charge in [0.15, 0.2) is 0 Å². The van der Waals surface area contributed by atoms with Gasteiger partial charge in [0, 0.05) is 33.2 Å². The zero-order chi connectivity index (χ0) is 15.2. The normalized spacial score (nSPS) is 20.8. The van der Waals surface area contributed by atoms with E-state index in [1.165, 1.54) is 0 Å². The average molecular weight is 287 g/mol. The quantitative estimate of drug-likeness (QED) is 0.814. The van der Waals surface area contributed by atoms with Crippen molar-refractivity contribution < 1.29 is 14.3 Å². The van der Waals surface area contributed by atoms with Crippen molar-refractivity contribution in [1.82, 2.24) is 9.80 Å². The summed E-state index contributed by atoms with van der Waals surface area (Å²) in [5, 5.41) is 0. The maximum atomic E-state index is 11.8. The Morgan fingerprint density at radius 3 is 2.80 bits per heavy atom. The van der Waals surface area contributed by atoms with Crippen LogP contribution in [-0.2, 0) is 9.47 Å². The third-order valence-corrected chi connectivity index (χ3v) is 3.17. The van der Waals surface area contributed by atoms with Crippen LogP contribution in [-0.4, -0.2) is 74.0 Å². The molecule has 6 nitrogen and oxygen atoms in total. The summed E-state index contributed by atoms with van der Waals surface area (Å²) in [5.41, 5.74) is 5.11. The number of carbonyl (C=O) groups excluding carboxylic acids is 1.